The first-order valence-electron chi connectivity index (χ1n) is 5.19. The molecule has 0 N–H and O–H groups in total. The van der Waals surface area contributed by atoms with Gasteiger partial charge in [-0.15, -0.1) is 0 Å². The molecule has 0 aromatic carbocycles. The standard InChI is InChI=1S/C12H15N2O/c1-2-11-5-8-13(9-6-11)10-14-7-3-4-12(14)15/h2,5-6,8-9H,1,3-4,7,10H2/q+1. The van der Waals surface area contributed by atoms with Crippen LogP contribution in [-0.2, 0) is 11.5 Å². The maximum Gasteiger partial charge on any atom is 0.227 e. The average molecular weight is 203 g/mol. The quantitative estimate of drug-likeness (QED) is 0.677. The third-order valence-corrected chi connectivity index (χ3v) is 2.66. The van der Waals surface area contributed by atoms with E-state index in [0.717, 1.165) is 18.5 Å². The molecule has 0 unspecified atom stereocenters. The van der Waals surface area contributed by atoms with Crippen LogP contribution >= 0.6 is 0 Å². The van der Waals surface area contributed by atoms with Crippen LogP contribution in [0.15, 0.2) is 31.1 Å². The molecule has 0 aliphatic carbocycles. The molecule has 0 radical (unpaired) electrons. The summed E-state index contributed by atoms with van der Waals surface area (Å²) >= 11 is 0. The third kappa shape index (κ3) is 2.24. The second kappa shape index (κ2) is 4.26. The van der Waals surface area contributed by atoms with E-state index in [4.69, 9.17) is 0 Å². The van der Waals surface area contributed by atoms with Gasteiger partial charge in [-0.2, -0.15) is 4.57 Å². The van der Waals surface area contributed by atoms with Gasteiger partial charge in [0.2, 0.25) is 12.6 Å². The minimum atomic E-state index is 0.260. The summed E-state index contributed by atoms with van der Waals surface area (Å²) in [6, 6.07) is 3.99. The number of hydrogen-bond acceptors (Lipinski definition) is 1. The molecule has 1 aromatic rings. The van der Waals surface area contributed by atoms with Crippen LogP contribution in [0.4, 0.5) is 0 Å². The van der Waals surface area contributed by atoms with Crippen molar-refractivity contribution < 1.29 is 9.36 Å². The van der Waals surface area contributed by atoms with Gasteiger partial charge in [-0.1, -0.05) is 12.7 Å². The molecule has 15 heavy (non-hydrogen) atoms. The van der Waals surface area contributed by atoms with Crippen LogP contribution in [0, 0.1) is 0 Å². The highest BCUT2D eigenvalue weighted by Gasteiger charge is 2.22. The molecule has 3 heteroatoms. The second-order valence-electron chi connectivity index (χ2n) is 3.75. The van der Waals surface area contributed by atoms with Gasteiger partial charge in [0.25, 0.3) is 0 Å². The lowest BCUT2D eigenvalue weighted by Crippen LogP contribution is -2.43. The van der Waals surface area contributed by atoms with Gasteiger partial charge in [0.05, 0.1) is 0 Å². The Morgan fingerprint density at radius 1 is 1.47 bits per heavy atom. The molecule has 0 saturated carbocycles. The minimum Gasteiger partial charge on any atom is -0.287 e. The summed E-state index contributed by atoms with van der Waals surface area (Å²) in [4.78, 5) is 13.3. The number of carbonyl (C=O) groups excluding carboxylic acids is 1. The molecule has 0 atom stereocenters. The lowest BCUT2D eigenvalue weighted by molar-refractivity contribution is -0.712. The number of pyridine rings is 1. The number of aromatic nitrogens is 1. The van der Waals surface area contributed by atoms with Crippen molar-refractivity contribution >= 4 is 12.0 Å². The summed E-state index contributed by atoms with van der Waals surface area (Å²) in [6.07, 6.45) is 7.45. The SMILES string of the molecule is C=Cc1cc[n+](CN2CCCC2=O)cc1. The fourth-order valence-corrected chi connectivity index (χ4v) is 1.75. The van der Waals surface area contributed by atoms with Crippen molar-refractivity contribution in [2.24, 2.45) is 0 Å². The van der Waals surface area contributed by atoms with Crippen molar-refractivity contribution in [1.29, 1.82) is 0 Å². The monoisotopic (exact) mass is 203 g/mol. The highest BCUT2D eigenvalue weighted by molar-refractivity contribution is 5.77. The van der Waals surface area contributed by atoms with E-state index in [1.165, 1.54) is 0 Å². The van der Waals surface area contributed by atoms with Crippen LogP contribution in [0.2, 0.25) is 0 Å². The molecule has 1 amide bonds. The Bertz CT molecular complexity index is 370. The Morgan fingerprint density at radius 3 is 2.73 bits per heavy atom. The van der Waals surface area contributed by atoms with E-state index in [2.05, 4.69) is 6.58 Å². The van der Waals surface area contributed by atoms with Gasteiger partial charge in [-0.05, 0) is 12.0 Å². The number of likely N-dealkylation sites (tertiary alicyclic amines) is 1. The first kappa shape index (κ1) is 9.90. The fraction of sp³-hybridized carbons (Fsp3) is 0.333. The Labute approximate surface area is 89.6 Å². The summed E-state index contributed by atoms with van der Waals surface area (Å²) in [5, 5.41) is 0. The maximum atomic E-state index is 11.4. The number of nitrogens with zero attached hydrogens (tertiary/aromatic N) is 2. The number of hydrogen-bond donors (Lipinski definition) is 0. The average Bonchev–Trinajstić information content (AvgIpc) is 2.66. The van der Waals surface area contributed by atoms with Gasteiger partial charge in [-0.3, -0.25) is 9.69 Å². The molecule has 1 aliphatic heterocycles. The molecule has 78 valence electrons. The van der Waals surface area contributed by atoms with E-state index >= 15 is 0 Å². The zero-order chi connectivity index (χ0) is 10.7. The van der Waals surface area contributed by atoms with Gasteiger partial charge in [-0.25, -0.2) is 0 Å². The second-order valence-corrected chi connectivity index (χ2v) is 3.75. The third-order valence-electron chi connectivity index (χ3n) is 2.66. The van der Waals surface area contributed by atoms with Gasteiger partial charge in [0, 0.05) is 25.1 Å². The summed E-state index contributed by atoms with van der Waals surface area (Å²) in [6.45, 7) is 5.25. The molecule has 1 saturated heterocycles. The van der Waals surface area contributed by atoms with Gasteiger partial charge >= 0.3 is 0 Å². The molecule has 3 nitrogen and oxygen atoms in total. The predicted molar refractivity (Wildman–Crippen MR) is 57.7 cm³/mol. The zero-order valence-electron chi connectivity index (χ0n) is 8.72. The lowest BCUT2D eigenvalue weighted by atomic mass is 10.3. The molecule has 1 fully saturated rings. The van der Waals surface area contributed by atoms with Crippen LogP contribution in [0.25, 0.3) is 6.08 Å². The molecule has 2 rings (SSSR count). The Balaban J connectivity index is 2.04. The smallest absolute Gasteiger partial charge is 0.227 e. The van der Waals surface area contributed by atoms with Gasteiger partial charge < -0.3 is 0 Å². The topological polar surface area (TPSA) is 24.2 Å². The Morgan fingerprint density at radius 2 is 2.20 bits per heavy atom. The number of rotatable bonds is 3. The van der Waals surface area contributed by atoms with Crippen LogP contribution in [0.1, 0.15) is 18.4 Å². The maximum absolute atomic E-state index is 11.4. The zero-order valence-corrected chi connectivity index (χ0v) is 8.72. The van der Waals surface area contributed by atoms with Crippen molar-refractivity contribution in [3.63, 3.8) is 0 Å². The van der Waals surface area contributed by atoms with Crippen molar-refractivity contribution in [3.8, 4) is 0 Å². The highest BCUT2D eigenvalue weighted by Crippen LogP contribution is 2.08. The fourth-order valence-electron chi connectivity index (χ4n) is 1.75. The van der Waals surface area contributed by atoms with E-state index < -0.39 is 0 Å². The predicted octanol–water partition coefficient (Wildman–Crippen LogP) is 1.20. The van der Waals surface area contributed by atoms with E-state index in [-0.39, 0.29) is 5.91 Å². The summed E-state index contributed by atoms with van der Waals surface area (Å²) in [5.41, 5.74) is 1.10. The molecule has 1 aromatic heterocycles. The lowest BCUT2D eigenvalue weighted by Gasteiger charge is -2.10. The van der Waals surface area contributed by atoms with E-state index in [1.807, 2.05) is 40.1 Å². The van der Waals surface area contributed by atoms with E-state index in [0.29, 0.717) is 13.1 Å². The number of carbonyl (C=O) groups is 1. The summed E-state index contributed by atoms with van der Waals surface area (Å²) in [7, 11) is 0. The van der Waals surface area contributed by atoms with E-state index in [1.54, 1.807) is 0 Å². The molecular formula is C12H15N2O+. The first-order valence-corrected chi connectivity index (χ1v) is 5.19. The van der Waals surface area contributed by atoms with E-state index in [9.17, 15) is 4.79 Å². The molecule has 0 bridgehead atoms. The number of amides is 1. The van der Waals surface area contributed by atoms with Crippen molar-refractivity contribution in [2.75, 3.05) is 6.54 Å². The van der Waals surface area contributed by atoms with Crippen LogP contribution in [-0.4, -0.2) is 17.4 Å². The minimum absolute atomic E-state index is 0.260. The largest absolute Gasteiger partial charge is 0.287 e. The molecular weight excluding hydrogens is 188 g/mol. The van der Waals surface area contributed by atoms with Gasteiger partial charge in [0.15, 0.2) is 12.4 Å². The Hall–Kier alpha value is -1.64. The van der Waals surface area contributed by atoms with Crippen molar-refractivity contribution in [3.05, 3.63) is 36.7 Å². The molecule has 2 heterocycles. The summed E-state index contributed by atoms with van der Waals surface area (Å²) in [5.74, 6) is 0.260. The van der Waals surface area contributed by atoms with Crippen molar-refractivity contribution in [2.45, 2.75) is 19.5 Å². The summed E-state index contributed by atoms with van der Waals surface area (Å²) < 4.78 is 2.01. The Kier molecular flexibility index (Phi) is 2.81. The van der Waals surface area contributed by atoms with Crippen LogP contribution in [0.3, 0.4) is 0 Å². The normalized spacial score (nSPS) is 15.7. The van der Waals surface area contributed by atoms with Crippen LogP contribution in [0.5, 0.6) is 0 Å². The van der Waals surface area contributed by atoms with Crippen LogP contribution < -0.4 is 4.57 Å². The molecule has 0 spiro atoms. The first-order chi connectivity index (χ1) is 7.29. The van der Waals surface area contributed by atoms with Gasteiger partial charge in [0.1, 0.15) is 0 Å². The van der Waals surface area contributed by atoms with Crippen molar-refractivity contribution in [1.82, 2.24) is 4.90 Å². The molecule has 1 aliphatic rings. The highest BCUT2D eigenvalue weighted by atomic mass is 16.2.